The van der Waals surface area contributed by atoms with E-state index in [0.717, 1.165) is 4.90 Å². The molecule has 0 aliphatic rings. The number of rotatable bonds is 7. The van der Waals surface area contributed by atoms with Crippen LogP contribution in [-0.2, 0) is 4.79 Å². The highest BCUT2D eigenvalue weighted by Gasteiger charge is 2.24. The summed E-state index contributed by atoms with van der Waals surface area (Å²) in [5, 5.41) is 2.93. The first kappa shape index (κ1) is 19.5. The molecule has 1 atom stereocenters. The van der Waals surface area contributed by atoms with Crippen molar-refractivity contribution in [3.63, 3.8) is 0 Å². The Morgan fingerprint density at radius 2 is 1.32 bits per heavy atom. The number of carbonyl (C=O) groups excluding carboxylic acids is 2. The van der Waals surface area contributed by atoms with Crippen LogP contribution in [0.3, 0.4) is 0 Å². The van der Waals surface area contributed by atoms with Crippen molar-refractivity contribution in [2.24, 2.45) is 0 Å². The molecule has 3 aromatic carbocycles. The van der Waals surface area contributed by atoms with Crippen molar-refractivity contribution in [1.29, 1.82) is 0 Å². The Hall–Kier alpha value is -3.24. The molecule has 0 radical (unpaired) electrons. The topological polar surface area (TPSA) is 50.6 Å². The number of amides is 1. The van der Waals surface area contributed by atoms with Gasteiger partial charge < -0.3 is 10.2 Å². The average Bonchev–Trinajstić information content (AvgIpc) is 2.70. The van der Waals surface area contributed by atoms with Crippen LogP contribution < -0.4 is 10.2 Å². The number of Topliss-reactive ketones (excluding diaryl/α,β-unsaturated/α-hetero) is 1. The van der Waals surface area contributed by atoms with Crippen LogP contribution in [0.5, 0.6) is 0 Å². The van der Waals surface area contributed by atoms with Gasteiger partial charge in [0.1, 0.15) is 6.04 Å². The molecule has 0 aliphatic heterocycles. The molecule has 142 valence electrons. The molecular formula is C24H25N2O2+. The first-order valence-electron chi connectivity index (χ1n) is 9.37. The molecule has 3 rings (SSSR count). The molecule has 4 nitrogen and oxygen atoms in total. The minimum absolute atomic E-state index is 0.00983. The van der Waals surface area contributed by atoms with Gasteiger partial charge in [0.2, 0.25) is 0 Å². The summed E-state index contributed by atoms with van der Waals surface area (Å²) in [7, 11) is 2.03. The molecule has 2 N–H and O–H groups in total. The third-order valence-corrected chi connectivity index (χ3v) is 4.77. The molecule has 1 unspecified atom stereocenters. The van der Waals surface area contributed by atoms with Crippen molar-refractivity contribution >= 4 is 17.4 Å². The molecule has 4 heteroatoms. The van der Waals surface area contributed by atoms with E-state index in [1.54, 1.807) is 24.3 Å². The lowest BCUT2D eigenvalue weighted by Gasteiger charge is -2.25. The second-order valence-electron chi connectivity index (χ2n) is 6.96. The van der Waals surface area contributed by atoms with E-state index >= 15 is 0 Å². The Kier molecular flexibility index (Phi) is 6.35. The third-order valence-electron chi connectivity index (χ3n) is 4.77. The van der Waals surface area contributed by atoms with Gasteiger partial charge in [-0.3, -0.25) is 9.59 Å². The van der Waals surface area contributed by atoms with E-state index < -0.39 is 0 Å². The molecule has 0 saturated carbocycles. The third kappa shape index (κ3) is 4.93. The van der Waals surface area contributed by atoms with Crippen molar-refractivity contribution in [3.05, 3.63) is 102 Å². The van der Waals surface area contributed by atoms with Crippen molar-refractivity contribution in [1.82, 2.24) is 0 Å². The van der Waals surface area contributed by atoms with Gasteiger partial charge in [0, 0.05) is 22.4 Å². The van der Waals surface area contributed by atoms with E-state index in [4.69, 9.17) is 0 Å². The fraction of sp³-hybridized carbons (Fsp3) is 0.167. The Morgan fingerprint density at radius 1 is 0.821 bits per heavy atom. The fourth-order valence-corrected chi connectivity index (χ4v) is 3.40. The zero-order chi connectivity index (χ0) is 19.9. The maximum Gasteiger partial charge on any atom is 0.279 e. The first-order valence-corrected chi connectivity index (χ1v) is 9.37. The maximum absolute atomic E-state index is 12.6. The lowest BCUT2D eigenvalue weighted by molar-refractivity contribution is -0.897. The van der Waals surface area contributed by atoms with Gasteiger partial charge in [0.15, 0.2) is 12.3 Å². The van der Waals surface area contributed by atoms with Crippen molar-refractivity contribution in [2.45, 2.75) is 13.0 Å². The summed E-state index contributed by atoms with van der Waals surface area (Å²) >= 11 is 0. The van der Waals surface area contributed by atoms with E-state index in [1.165, 1.54) is 18.1 Å². The molecule has 0 spiro atoms. The number of likely N-dealkylation sites (N-methyl/N-ethyl adjacent to an activating group) is 1. The Labute approximate surface area is 165 Å². The van der Waals surface area contributed by atoms with Crippen LogP contribution in [-0.4, -0.2) is 25.3 Å². The summed E-state index contributed by atoms with van der Waals surface area (Å²) in [6.07, 6.45) is 0. The van der Waals surface area contributed by atoms with Gasteiger partial charge in [0.05, 0.1) is 7.05 Å². The highest BCUT2D eigenvalue weighted by molar-refractivity contribution is 5.95. The summed E-state index contributed by atoms with van der Waals surface area (Å²) < 4.78 is 0. The van der Waals surface area contributed by atoms with E-state index in [9.17, 15) is 9.59 Å². The predicted molar refractivity (Wildman–Crippen MR) is 112 cm³/mol. The van der Waals surface area contributed by atoms with E-state index in [0.29, 0.717) is 17.8 Å². The van der Waals surface area contributed by atoms with Crippen molar-refractivity contribution < 1.29 is 14.5 Å². The highest BCUT2D eigenvalue weighted by atomic mass is 16.2. The average molecular weight is 373 g/mol. The first-order chi connectivity index (χ1) is 13.5. The van der Waals surface area contributed by atoms with Crippen LogP contribution in [0.2, 0.25) is 0 Å². The smallest absolute Gasteiger partial charge is 0.279 e. The molecular weight excluding hydrogens is 348 g/mol. The van der Waals surface area contributed by atoms with Crippen LogP contribution in [0.1, 0.15) is 34.5 Å². The van der Waals surface area contributed by atoms with Gasteiger partial charge >= 0.3 is 0 Å². The molecule has 28 heavy (non-hydrogen) atoms. The number of nitrogens with one attached hydrogen (secondary N) is 2. The molecule has 3 aromatic rings. The summed E-state index contributed by atoms with van der Waals surface area (Å²) in [6, 6.07) is 27.5. The summed E-state index contributed by atoms with van der Waals surface area (Å²) in [6.45, 7) is 1.85. The Balaban J connectivity index is 1.73. The van der Waals surface area contributed by atoms with E-state index in [1.807, 2.05) is 43.4 Å². The Bertz CT molecular complexity index is 882. The molecule has 0 heterocycles. The quantitative estimate of drug-likeness (QED) is 0.625. The number of ketones is 1. The summed E-state index contributed by atoms with van der Waals surface area (Å²) in [4.78, 5) is 25.1. The van der Waals surface area contributed by atoms with Gasteiger partial charge in [-0.25, -0.2) is 0 Å². The number of benzene rings is 3. The predicted octanol–water partition coefficient (Wildman–Crippen LogP) is 3.13. The number of anilines is 1. The van der Waals surface area contributed by atoms with E-state index in [2.05, 4.69) is 29.6 Å². The van der Waals surface area contributed by atoms with Gasteiger partial charge in [-0.05, 0) is 31.2 Å². The zero-order valence-electron chi connectivity index (χ0n) is 16.2. The molecule has 0 bridgehead atoms. The Morgan fingerprint density at radius 3 is 1.79 bits per heavy atom. The minimum Gasteiger partial charge on any atom is -0.321 e. The van der Waals surface area contributed by atoms with Crippen LogP contribution in [0.15, 0.2) is 84.9 Å². The highest BCUT2D eigenvalue weighted by Crippen LogP contribution is 2.18. The van der Waals surface area contributed by atoms with Gasteiger partial charge in [-0.1, -0.05) is 60.7 Å². The SMILES string of the molecule is CC(=O)c1ccc(NC(=O)C[NH+](C)C(c2ccccc2)c2ccccc2)cc1. The van der Waals surface area contributed by atoms with Crippen LogP contribution in [0, 0.1) is 0 Å². The number of hydrogen-bond donors (Lipinski definition) is 2. The number of quaternary nitrogens is 1. The normalized spacial score (nSPS) is 11.8. The second-order valence-corrected chi connectivity index (χ2v) is 6.96. The second kappa shape index (κ2) is 9.11. The molecule has 0 aromatic heterocycles. The van der Waals surface area contributed by atoms with Crippen LogP contribution in [0.25, 0.3) is 0 Å². The summed E-state index contributed by atoms with van der Waals surface area (Å²) in [5.74, 6) is -0.0550. The molecule has 0 fully saturated rings. The monoisotopic (exact) mass is 373 g/mol. The summed E-state index contributed by atoms with van der Waals surface area (Å²) in [5.41, 5.74) is 3.67. The zero-order valence-corrected chi connectivity index (χ0v) is 16.2. The lowest BCUT2D eigenvalue weighted by atomic mass is 9.97. The molecule has 0 aliphatic carbocycles. The van der Waals surface area contributed by atoms with Crippen LogP contribution in [0.4, 0.5) is 5.69 Å². The van der Waals surface area contributed by atoms with Gasteiger partial charge in [0.25, 0.3) is 5.91 Å². The van der Waals surface area contributed by atoms with Crippen molar-refractivity contribution in [2.75, 3.05) is 18.9 Å². The largest absolute Gasteiger partial charge is 0.321 e. The van der Waals surface area contributed by atoms with Gasteiger partial charge in [-0.15, -0.1) is 0 Å². The lowest BCUT2D eigenvalue weighted by Crippen LogP contribution is -3.10. The fourth-order valence-electron chi connectivity index (χ4n) is 3.40. The molecule has 0 saturated heterocycles. The van der Waals surface area contributed by atoms with Gasteiger partial charge in [-0.2, -0.15) is 0 Å². The molecule has 1 amide bonds. The van der Waals surface area contributed by atoms with E-state index in [-0.39, 0.29) is 17.7 Å². The van der Waals surface area contributed by atoms with Crippen LogP contribution >= 0.6 is 0 Å². The standard InChI is InChI=1S/C24H24N2O2/c1-18(27)19-13-15-22(16-14-19)25-23(28)17-26(2)24(20-9-5-3-6-10-20)21-11-7-4-8-12-21/h3-16,24H,17H2,1-2H3,(H,25,28)/p+1. The number of carbonyl (C=O) groups is 2. The maximum atomic E-state index is 12.6. The number of hydrogen-bond acceptors (Lipinski definition) is 2. The minimum atomic E-state index is -0.0649. The van der Waals surface area contributed by atoms with Crippen molar-refractivity contribution in [3.8, 4) is 0 Å².